The number of hydrogen-bond acceptors (Lipinski definition) is 3. The molecule has 1 fully saturated rings. The molecule has 2 aliphatic rings. The summed E-state index contributed by atoms with van der Waals surface area (Å²) in [5.74, 6) is -1.06. The fraction of sp³-hybridized carbons (Fsp3) is 0.562. The molecule has 8 heteroatoms. The summed E-state index contributed by atoms with van der Waals surface area (Å²) in [5, 5.41) is 2.92. The SMILES string of the molecule is O=C(NC1CCCC(C(F)(F)F)C1)c1cc(Cl)c2c(c1)OCCO2. The van der Waals surface area contributed by atoms with Crippen LogP contribution in [-0.2, 0) is 0 Å². The molecule has 1 N–H and O–H groups in total. The predicted octanol–water partition coefficient (Wildman–Crippen LogP) is 3.96. The summed E-state index contributed by atoms with van der Waals surface area (Å²) in [6, 6.07) is 2.44. The maximum absolute atomic E-state index is 12.9. The minimum atomic E-state index is -4.22. The van der Waals surface area contributed by atoms with Crippen molar-refractivity contribution in [3.63, 3.8) is 0 Å². The quantitative estimate of drug-likeness (QED) is 0.865. The van der Waals surface area contributed by atoms with Crippen LogP contribution in [0.4, 0.5) is 13.2 Å². The first-order chi connectivity index (χ1) is 11.3. The summed E-state index contributed by atoms with van der Waals surface area (Å²) >= 11 is 6.08. The number of alkyl halides is 3. The molecular formula is C16H17ClF3NO3. The van der Waals surface area contributed by atoms with Crippen LogP contribution in [0.15, 0.2) is 12.1 Å². The van der Waals surface area contributed by atoms with Crippen LogP contribution in [0.5, 0.6) is 11.5 Å². The number of benzene rings is 1. The van der Waals surface area contributed by atoms with Crippen molar-refractivity contribution in [2.75, 3.05) is 13.2 Å². The topological polar surface area (TPSA) is 47.6 Å². The number of carbonyl (C=O) groups excluding carboxylic acids is 1. The minimum Gasteiger partial charge on any atom is -0.486 e. The van der Waals surface area contributed by atoms with Gasteiger partial charge in [-0.2, -0.15) is 13.2 Å². The Kier molecular flexibility index (Phi) is 4.80. The summed E-state index contributed by atoms with van der Waals surface area (Å²) in [4.78, 5) is 12.4. The lowest BCUT2D eigenvalue weighted by molar-refractivity contribution is -0.183. The van der Waals surface area contributed by atoms with Crippen molar-refractivity contribution in [1.82, 2.24) is 5.32 Å². The first-order valence-corrected chi connectivity index (χ1v) is 8.19. The molecule has 1 aromatic carbocycles. The van der Waals surface area contributed by atoms with Crippen LogP contribution in [0.25, 0.3) is 0 Å². The summed E-state index contributed by atoms with van der Waals surface area (Å²) in [6.45, 7) is 0.726. The smallest absolute Gasteiger partial charge is 0.391 e. The summed E-state index contributed by atoms with van der Waals surface area (Å²) in [7, 11) is 0. The molecule has 1 aromatic rings. The van der Waals surface area contributed by atoms with E-state index >= 15 is 0 Å². The molecule has 0 bridgehead atoms. The summed E-state index contributed by atoms with van der Waals surface area (Å²) < 4.78 is 49.4. The molecule has 1 amide bonds. The Morgan fingerprint density at radius 3 is 2.71 bits per heavy atom. The zero-order valence-electron chi connectivity index (χ0n) is 12.8. The molecule has 1 saturated carbocycles. The average molecular weight is 364 g/mol. The van der Waals surface area contributed by atoms with E-state index in [9.17, 15) is 18.0 Å². The standard InChI is InChI=1S/C16H17ClF3NO3/c17-12-6-9(7-13-14(12)24-5-4-23-13)15(22)21-11-3-1-2-10(8-11)16(18,19)20/h6-7,10-11H,1-5,8H2,(H,21,22). The summed E-state index contributed by atoms with van der Waals surface area (Å²) in [5.41, 5.74) is 0.249. The van der Waals surface area contributed by atoms with Gasteiger partial charge in [-0.15, -0.1) is 0 Å². The molecule has 3 rings (SSSR count). The molecule has 24 heavy (non-hydrogen) atoms. The van der Waals surface area contributed by atoms with Crippen LogP contribution >= 0.6 is 11.6 Å². The maximum Gasteiger partial charge on any atom is 0.391 e. The number of nitrogens with one attached hydrogen (secondary N) is 1. The van der Waals surface area contributed by atoms with Gasteiger partial charge < -0.3 is 14.8 Å². The monoisotopic (exact) mass is 363 g/mol. The number of fused-ring (bicyclic) bond motifs is 1. The number of ether oxygens (including phenoxy) is 2. The second kappa shape index (κ2) is 6.70. The van der Waals surface area contributed by atoms with Crippen LogP contribution < -0.4 is 14.8 Å². The van der Waals surface area contributed by atoms with Gasteiger partial charge in [0.1, 0.15) is 13.2 Å². The van der Waals surface area contributed by atoms with Gasteiger partial charge in [-0.1, -0.05) is 18.0 Å². The van der Waals surface area contributed by atoms with Crippen LogP contribution in [0.2, 0.25) is 5.02 Å². The van der Waals surface area contributed by atoms with Crippen molar-refractivity contribution in [2.24, 2.45) is 5.92 Å². The lowest BCUT2D eigenvalue weighted by Crippen LogP contribution is -2.41. The Labute approximate surface area is 142 Å². The Morgan fingerprint density at radius 2 is 1.96 bits per heavy atom. The Bertz CT molecular complexity index is 636. The highest BCUT2D eigenvalue weighted by Gasteiger charge is 2.42. The molecule has 1 heterocycles. The number of carbonyl (C=O) groups is 1. The van der Waals surface area contributed by atoms with E-state index in [4.69, 9.17) is 21.1 Å². The molecule has 0 aromatic heterocycles. The molecular weight excluding hydrogens is 347 g/mol. The van der Waals surface area contributed by atoms with Crippen molar-refractivity contribution in [1.29, 1.82) is 0 Å². The largest absolute Gasteiger partial charge is 0.486 e. The van der Waals surface area contributed by atoms with E-state index in [0.29, 0.717) is 37.6 Å². The van der Waals surface area contributed by atoms with Gasteiger partial charge in [0.25, 0.3) is 5.91 Å². The fourth-order valence-corrected chi connectivity index (χ4v) is 3.39. The van der Waals surface area contributed by atoms with Crippen molar-refractivity contribution < 1.29 is 27.4 Å². The van der Waals surface area contributed by atoms with Gasteiger partial charge in [0.15, 0.2) is 11.5 Å². The first kappa shape index (κ1) is 17.2. The lowest BCUT2D eigenvalue weighted by atomic mass is 9.85. The Hall–Kier alpha value is -1.63. The molecule has 1 aliphatic carbocycles. The van der Waals surface area contributed by atoms with Crippen LogP contribution in [-0.4, -0.2) is 31.3 Å². The highest BCUT2D eigenvalue weighted by Crippen LogP contribution is 2.39. The van der Waals surface area contributed by atoms with E-state index in [2.05, 4.69) is 5.32 Å². The highest BCUT2D eigenvalue weighted by molar-refractivity contribution is 6.32. The fourth-order valence-electron chi connectivity index (χ4n) is 3.13. The zero-order chi connectivity index (χ0) is 17.3. The average Bonchev–Trinajstić information content (AvgIpc) is 2.54. The third-order valence-electron chi connectivity index (χ3n) is 4.33. The van der Waals surface area contributed by atoms with E-state index in [0.717, 1.165) is 0 Å². The number of hydrogen-bond donors (Lipinski definition) is 1. The molecule has 0 saturated heterocycles. The van der Waals surface area contributed by atoms with Gasteiger partial charge in [-0.05, 0) is 31.4 Å². The van der Waals surface area contributed by atoms with E-state index in [-0.39, 0.29) is 23.4 Å². The molecule has 132 valence electrons. The van der Waals surface area contributed by atoms with E-state index in [1.54, 1.807) is 0 Å². The third-order valence-corrected chi connectivity index (χ3v) is 4.61. The van der Waals surface area contributed by atoms with Crippen LogP contribution in [0.3, 0.4) is 0 Å². The molecule has 2 atom stereocenters. The molecule has 4 nitrogen and oxygen atoms in total. The van der Waals surface area contributed by atoms with Gasteiger partial charge in [-0.25, -0.2) is 0 Å². The van der Waals surface area contributed by atoms with E-state index < -0.39 is 24.0 Å². The predicted molar refractivity (Wildman–Crippen MR) is 81.7 cm³/mol. The maximum atomic E-state index is 12.9. The van der Waals surface area contributed by atoms with Gasteiger partial charge in [0.2, 0.25) is 0 Å². The van der Waals surface area contributed by atoms with E-state index in [1.165, 1.54) is 12.1 Å². The second-order valence-corrected chi connectivity index (χ2v) is 6.46. The second-order valence-electron chi connectivity index (χ2n) is 6.06. The molecule has 0 radical (unpaired) electrons. The van der Waals surface area contributed by atoms with Gasteiger partial charge in [-0.3, -0.25) is 4.79 Å². The van der Waals surface area contributed by atoms with Crippen molar-refractivity contribution >= 4 is 17.5 Å². The third kappa shape index (κ3) is 3.71. The Morgan fingerprint density at radius 1 is 1.21 bits per heavy atom. The minimum absolute atomic E-state index is 0.0898. The summed E-state index contributed by atoms with van der Waals surface area (Å²) in [6.07, 6.45) is -3.21. The first-order valence-electron chi connectivity index (χ1n) is 7.81. The highest BCUT2D eigenvalue weighted by atomic mass is 35.5. The lowest BCUT2D eigenvalue weighted by Gasteiger charge is -2.31. The number of halogens is 4. The van der Waals surface area contributed by atoms with Crippen LogP contribution in [0, 0.1) is 5.92 Å². The van der Waals surface area contributed by atoms with Gasteiger partial charge in [0, 0.05) is 11.6 Å². The van der Waals surface area contributed by atoms with Crippen LogP contribution in [0.1, 0.15) is 36.0 Å². The molecule has 0 spiro atoms. The normalized spacial score (nSPS) is 23.7. The zero-order valence-corrected chi connectivity index (χ0v) is 13.5. The Balaban J connectivity index is 1.70. The van der Waals surface area contributed by atoms with Gasteiger partial charge >= 0.3 is 6.18 Å². The molecule has 2 unspecified atom stereocenters. The van der Waals surface area contributed by atoms with Crippen molar-refractivity contribution in [2.45, 2.75) is 37.9 Å². The van der Waals surface area contributed by atoms with Crippen molar-refractivity contribution in [3.8, 4) is 11.5 Å². The molecule has 1 aliphatic heterocycles. The van der Waals surface area contributed by atoms with Gasteiger partial charge in [0.05, 0.1) is 10.9 Å². The number of amides is 1. The van der Waals surface area contributed by atoms with Crippen molar-refractivity contribution in [3.05, 3.63) is 22.7 Å². The number of rotatable bonds is 2. The van der Waals surface area contributed by atoms with E-state index in [1.807, 2.05) is 0 Å².